The molecule has 1 aromatic rings. The highest BCUT2D eigenvalue weighted by molar-refractivity contribution is 6.04. The van der Waals surface area contributed by atoms with Crippen LogP contribution in [0.2, 0.25) is 0 Å². The summed E-state index contributed by atoms with van der Waals surface area (Å²) in [5.74, 6) is -2.18. The van der Waals surface area contributed by atoms with Crippen LogP contribution in [0.15, 0.2) is 0 Å². The van der Waals surface area contributed by atoms with Gasteiger partial charge in [0.25, 0.3) is 0 Å². The number of hydrogen-bond acceptors (Lipinski definition) is 2. The van der Waals surface area contributed by atoms with Crippen molar-refractivity contribution in [2.45, 2.75) is 118 Å². The number of hydrogen-bond donors (Lipinski definition) is 2. The Balaban J connectivity index is 3.82. The van der Waals surface area contributed by atoms with Gasteiger partial charge in [-0.05, 0) is 73.6 Å². The van der Waals surface area contributed by atoms with Gasteiger partial charge in [-0.1, -0.05) is 66.2 Å². The fourth-order valence-corrected chi connectivity index (χ4v) is 4.41. The van der Waals surface area contributed by atoms with E-state index in [1.807, 2.05) is 0 Å². The van der Waals surface area contributed by atoms with E-state index < -0.39 is 11.9 Å². The molecular formula is C26H42O4. The van der Waals surface area contributed by atoms with Crippen LogP contribution in [0.4, 0.5) is 0 Å². The summed E-state index contributed by atoms with van der Waals surface area (Å²) in [5, 5.41) is 20.2. The van der Waals surface area contributed by atoms with Gasteiger partial charge in [-0.15, -0.1) is 0 Å². The zero-order valence-corrected chi connectivity index (χ0v) is 19.6. The molecule has 0 aliphatic rings. The van der Waals surface area contributed by atoms with Crippen molar-refractivity contribution in [3.05, 3.63) is 33.4 Å². The first kappa shape index (κ1) is 26.2. The third-order valence-electron chi connectivity index (χ3n) is 6.00. The molecule has 2 N–H and O–H groups in total. The van der Waals surface area contributed by atoms with Crippen molar-refractivity contribution in [1.82, 2.24) is 0 Å². The fraction of sp³-hybridized carbons (Fsp3) is 0.692. The highest BCUT2D eigenvalue weighted by atomic mass is 16.4. The van der Waals surface area contributed by atoms with Crippen molar-refractivity contribution >= 4 is 11.9 Å². The smallest absolute Gasteiger partial charge is 0.336 e. The molecule has 4 heteroatoms. The zero-order valence-electron chi connectivity index (χ0n) is 19.6. The molecular weight excluding hydrogens is 376 g/mol. The van der Waals surface area contributed by atoms with Crippen LogP contribution in [0.3, 0.4) is 0 Å². The van der Waals surface area contributed by atoms with Gasteiger partial charge in [-0.2, -0.15) is 0 Å². The van der Waals surface area contributed by atoms with E-state index in [0.717, 1.165) is 99.3 Å². The highest BCUT2D eigenvalue weighted by Crippen LogP contribution is 2.34. The number of unbranched alkanes of at least 4 members (excludes halogenated alkanes) is 6. The van der Waals surface area contributed by atoms with Gasteiger partial charge in [-0.3, -0.25) is 0 Å². The minimum absolute atomic E-state index is 0.0662. The molecule has 1 rings (SSSR count). The molecule has 0 aromatic heterocycles. The second kappa shape index (κ2) is 14.2. The van der Waals surface area contributed by atoms with E-state index in [1.54, 1.807) is 0 Å². The molecule has 0 aliphatic heterocycles. The Morgan fingerprint density at radius 3 is 1.07 bits per heavy atom. The minimum atomic E-state index is -1.09. The zero-order chi connectivity index (χ0) is 22.5. The van der Waals surface area contributed by atoms with E-state index >= 15 is 0 Å². The lowest BCUT2D eigenvalue weighted by Crippen LogP contribution is -2.20. The van der Waals surface area contributed by atoms with Crippen LogP contribution in [-0.2, 0) is 25.7 Å². The van der Waals surface area contributed by atoms with Gasteiger partial charge in [0, 0.05) is 0 Å². The predicted molar refractivity (Wildman–Crippen MR) is 124 cm³/mol. The molecule has 0 bridgehead atoms. The van der Waals surface area contributed by atoms with E-state index in [4.69, 9.17) is 0 Å². The minimum Gasteiger partial charge on any atom is -0.478 e. The van der Waals surface area contributed by atoms with E-state index in [2.05, 4.69) is 27.7 Å². The lowest BCUT2D eigenvalue weighted by Gasteiger charge is -2.24. The summed E-state index contributed by atoms with van der Waals surface area (Å²) in [6, 6.07) is 0. The summed E-state index contributed by atoms with van der Waals surface area (Å²) in [5.41, 5.74) is 4.03. The van der Waals surface area contributed by atoms with Gasteiger partial charge in [0.15, 0.2) is 0 Å². The first-order chi connectivity index (χ1) is 14.4. The summed E-state index contributed by atoms with van der Waals surface area (Å²) in [4.78, 5) is 24.7. The third-order valence-corrected chi connectivity index (χ3v) is 6.00. The molecule has 170 valence electrons. The Morgan fingerprint density at radius 2 is 0.800 bits per heavy atom. The highest BCUT2D eigenvalue weighted by Gasteiger charge is 2.29. The van der Waals surface area contributed by atoms with Crippen LogP contribution in [-0.4, -0.2) is 22.2 Å². The molecule has 1 aromatic carbocycles. The predicted octanol–water partition coefficient (Wildman–Crippen LogP) is 7.23. The monoisotopic (exact) mass is 418 g/mol. The average molecular weight is 419 g/mol. The fourth-order valence-electron chi connectivity index (χ4n) is 4.41. The van der Waals surface area contributed by atoms with Gasteiger partial charge in [0.2, 0.25) is 0 Å². The molecule has 0 radical (unpaired) electrons. The molecule has 0 heterocycles. The molecule has 0 amide bonds. The number of rotatable bonds is 16. The van der Waals surface area contributed by atoms with E-state index in [9.17, 15) is 19.8 Å². The van der Waals surface area contributed by atoms with Crippen LogP contribution in [0, 0.1) is 0 Å². The molecule has 30 heavy (non-hydrogen) atoms. The number of carbonyl (C=O) groups is 2. The van der Waals surface area contributed by atoms with Crippen LogP contribution in [0.25, 0.3) is 0 Å². The van der Waals surface area contributed by atoms with Crippen molar-refractivity contribution in [3.8, 4) is 0 Å². The van der Waals surface area contributed by atoms with Crippen molar-refractivity contribution in [3.63, 3.8) is 0 Å². The van der Waals surface area contributed by atoms with E-state index in [1.165, 1.54) is 0 Å². The van der Waals surface area contributed by atoms with E-state index in [0.29, 0.717) is 12.8 Å². The second-order valence-electron chi connectivity index (χ2n) is 8.40. The van der Waals surface area contributed by atoms with Gasteiger partial charge >= 0.3 is 11.9 Å². The summed E-state index contributed by atoms with van der Waals surface area (Å²) >= 11 is 0. The van der Waals surface area contributed by atoms with Crippen LogP contribution in [0.5, 0.6) is 0 Å². The summed E-state index contributed by atoms with van der Waals surface area (Å²) in [6.07, 6.45) is 13.0. The third kappa shape index (κ3) is 7.14. The number of carboxylic acids is 2. The standard InChI is InChI=1S/C26H42O4/c1-5-9-13-17-21-19(15-11-7-3)20(16-12-8-4)22(18-14-10-6-2)24(26(29)30)23(21)25(27)28/h5-18H2,1-4H3,(H,27,28)(H,29,30). The molecule has 0 fully saturated rings. The second-order valence-corrected chi connectivity index (χ2v) is 8.40. The summed E-state index contributed by atoms with van der Waals surface area (Å²) in [7, 11) is 0. The Hall–Kier alpha value is -1.84. The molecule has 0 saturated carbocycles. The van der Waals surface area contributed by atoms with Gasteiger partial charge in [0.05, 0.1) is 11.1 Å². The first-order valence-electron chi connectivity index (χ1n) is 12.1. The molecule has 0 spiro atoms. The Kier molecular flexibility index (Phi) is 12.4. The van der Waals surface area contributed by atoms with Crippen molar-refractivity contribution in [2.75, 3.05) is 0 Å². The summed E-state index contributed by atoms with van der Waals surface area (Å²) < 4.78 is 0. The maximum Gasteiger partial charge on any atom is 0.336 e. The normalized spacial score (nSPS) is 11.1. The van der Waals surface area contributed by atoms with Gasteiger partial charge < -0.3 is 10.2 Å². The molecule has 0 saturated heterocycles. The Bertz CT molecular complexity index is 632. The van der Waals surface area contributed by atoms with Gasteiger partial charge in [0.1, 0.15) is 0 Å². The maximum absolute atomic E-state index is 12.3. The first-order valence-corrected chi connectivity index (χ1v) is 12.1. The Morgan fingerprint density at radius 1 is 0.500 bits per heavy atom. The summed E-state index contributed by atoms with van der Waals surface area (Å²) in [6.45, 7) is 8.55. The number of carboxylic acid groups (broad SMARTS) is 2. The van der Waals surface area contributed by atoms with Crippen molar-refractivity contribution in [1.29, 1.82) is 0 Å². The molecule has 0 aliphatic carbocycles. The average Bonchev–Trinajstić information content (AvgIpc) is 2.71. The molecule has 0 unspecified atom stereocenters. The quantitative estimate of drug-likeness (QED) is 0.278. The van der Waals surface area contributed by atoms with Crippen molar-refractivity contribution in [2.24, 2.45) is 0 Å². The van der Waals surface area contributed by atoms with Crippen molar-refractivity contribution < 1.29 is 19.8 Å². The van der Waals surface area contributed by atoms with Crippen LogP contribution in [0.1, 0.15) is 135 Å². The van der Waals surface area contributed by atoms with Crippen LogP contribution < -0.4 is 0 Å². The lowest BCUT2D eigenvalue weighted by atomic mass is 9.79. The van der Waals surface area contributed by atoms with E-state index in [-0.39, 0.29) is 11.1 Å². The largest absolute Gasteiger partial charge is 0.478 e. The molecule has 4 nitrogen and oxygen atoms in total. The Labute approximate surface area is 183 Å². The lowest BCUT2D eigenvalue weighted by molar-refractivity contribution is 0.0649. The topological polar surface area (TPSA) is 74.6 Å². The maximum atomic E-state index is 12.3. The number of benzene rings is 1. The molecule has 0 atom stereocenters. The van der Waals surface area contributed by atoms with Gasteiger partial charge in [-0.25, -0.2) is 9.59 Å². The number of aromatic carboxylic acids is 2. The SMILES string of the molecule is CCCCCc1c(CCCC)c(CCCC)c(CCCCC)c(C(=O)O)c1C(=O)O. The van der Waals surface area contributed by atoms with Crippen LogP contribution >= 0.6 is 0 Å².